The third-order valence-corrected chi connectivity index (χ3v) is 7.16. The lowest BCUT2D eigenvalue weighted by Gasteiger charge is -2.25. The van der Waals surface area contributed by atoms with Crippen LogP contribution in [0.2, 0.25) is 0 Å². The van der Waals surface area contributed by atoms with Crippen LogP contribution in [-0.4, -0.2) is 38.4 Å². The van der Waals surface area contributed by atoms with Crippen LogP contribution in [0.25, 0.3) is 0 Å². The molecule has 0 bridgehead atoms. The number of hydrogen-bond donors (Lipinski definition) is 1. The Morgan fingerprint density at radius 3 is 2.48 bits per heavy atom. The second-order valence-electron chi connectivity index (χ2n) is 6.41. The molecule has 0 aliphatic carbocycles. The smallest absolute Gasteiger partial charge is 0.250 e. The number of likely N-dealkylation sites (tertiary alicyclic amines) is 1. The molecular weight excluding hydrogens is 332 g/mol. The third kappa shape index (κ3) is 4.78. The number of amides is 1. The zero-order chi connectivity index (χ0) is 17.0. The van der Waals surface area contributed by atoms with E-state index in [1.165, 1.54) is 11.3 Å². The highest BCUT2D eigenvalue weighted by Gasteiger charge is 2.31. The van der Waals surface area contributed by atoms with Gasteiger partial charge < -0.3 is 4.90 Å². The fraction of sp³-hybridized carbons (Fsp3) is 0.688. The summed E-state index contributed by atoms with van der Waals surface area (Å²) in [4.78, 5) is 15.5. The monoisotopic (exact) mass is 358 g/mol. The topological polar surface area (TPSA) is 66.5 Å². The summed E-state index contributed by atoms with van der Waals surface area (Å²) in [5.74, 6) is 0.149. The molecule has 0 saturated carbocycles. The van der Waals surface area contributed by atoms with Crippen molar-refractivity contribution in [3.63, 3.8) is 0 Å². The molecule has 130 valence electrons. The number of thiophene rings is 1. The maximum Gasteiger partial charge on any atom is 0.250 e. The molecule has 1 N–H and O–H groups in total. The van der Waals surface area contributed by atoms with Crippen LogP contribution in [0, 0.1) is 5.92 Å². The van der Waals surface area contributed by atoms with E-state index in [0.717, 1.165) is 37.2 Å². The normalized spacial score (nSPS) is 17.0. The third-order valence-electron chi connectivity index (χ3n) is 3.97. The van der Waals surface area contributed by atoms with Gasteiger partial charge in [-0.1, -0.05) is 20.8 Å². The summed E-state index contributed by atoms with van der Waals surface area (Å²) in [6, 6.07) is 2.78. The van der Waals surface area contributed by atoms with Gasteiger partial charge in [0, 0.05) is 18.0 Å². The number of hydrogen-bond acceptors (Lipinski definition) is 4. The molecule has 1 amide bonds. The first-order chi connectivity index (χ1) is 10.8. The zero-order valence-electron chi connectivity index (χ0n) is 14.0. The molecule has 1 atom stereocenters. The van der Waals surface area contributed by atoms with Crippen LogP contribution in [0.1, 0.15) is 44.9 Å². The van der Waals surface area contributed by atoms with Crippen LogP contribution in [0.4, 0.5) is 0 Å². The van der Waals surface area contributed by atoms with E-state index in [1.807, 2.05) is 26.8 Å². The van der Waals surface area contributed by atoms with Gasteiger partial charge in [0.05, 0.1) is 0 Å². The van der Waals surface area contributed by atoms with Crippen LogP contribution < -0.4 is 4.72 Å². The first-order valence-corrected chi connectivity index (χ1v) is 10.5. The Hall–Kier alpha value is -0.920. The van der Waals surface area contributed by atoms with E-state index in [-0.39, 0.29) is 16.0 Å². The Kier molecular flexibility index (Phi) is 6.22. The van der Waals surface area contributed by atoms with Crippen molar-refractivity contribution in [1.29, 1.82) is 0 Å². The fourth-order valence-corrected chi connectivity index (χ4v) is 5.28. The molecular formula is C16H26N2O3S2. The van der Waals surface area contributed by atoms with Gasteiger partial charge in [0.1, 0.15) is 10.3 Å². The number of aryl methyl sites for hydroxylation is 1. The molecule has 0 unspecified atom stereocenters. The molecule has 0 aromatic carbocycles. The number of rotatable bonds is 7. The Labute approximate surface area is 143 Å². The van der Waals surface area contributed by atoms with Crippen molar-refractivity contribution in [2.75, 3.05) is 13.1 Å². The predicted molar refractivity (Wildman–Crippen MR) is 93.1 cm³/mol. The molecule has 2 rings (SSSR count). The van der Waals surface area contributed by atoms with Gasteiger partial charge in [-0.15, -0.1) is 11.3 Å². The minimum atomic E-state index is -3.65. The summed E-state index contributed by atoms with van der Waals surface area (Å²) in [5, 5.41) is 0. The molecule has 1 aromatic rings. The summed E-state index contributed by atoms with van der Waals surface area (Å²) in [7, 11) is -3.65. The van der Waals surface area contributed by atoms with Gasteiger partial charge >= 0.3 is 0 Å². The maximum absolute atomic E-state index is 12.7. The van der Waals surface area contributed by atoms with Crippen molar-refractivity contribution in [2.45, 2.75) is 56.7 Å². The molecule has 0 spiro atoms. The molecule has 1 aromatic heterocycles. The molecule has 1 aliphatic rings. The first kappa shape index (κ1) is 18.4. The Morgan fingerprint density at radius 2 is 1.96 bits per heavy atom. The SMILES string of the molecule is CCc1ccc(S(=O)(=O)N[C@H](CC(C)C)C(=O)N2CCCC2)s1. The van der Waals surface area contributed by atoms with E-state index in [0.29, 0.717) is 6.42 Å². The number of nitrogens with one attached hydrogen (secondary N) is 1. The van der Waals surface area contributed by atoms with Gasteiger partial charge in [-0.2, -0.15) is 4.72 Å². The largest absolute Gasteiger partial charge is 0.341 e. The van der Waals surface area contributed by atoms with Crippen molar-refractivity contribution in [1.82, 2.24) is 9.62 Å². The minimum absolute atomic E-state index is 0.0907. The van der Waals surface area contributed by atoms with Crippen LogP contribution in [0.3, 0.4) is 0 Å². The van der Waals surface area contributed by atoms with Crippen LogP contribution in [0.15, 0.2) is 16.3 Å². The summed E-state index contributed by atoms with van der Waals surface area (Å²) >= 11 is 1.27. The summed E-state index contributed by atoms with van der Waals surface area (Å²) < 4.78 is 28.1. The fourth-order valence-electron chi connectivity index (χ4n) is 2.77. The van der Waals surface area contributed by atoms with Gasteiger partial charge in [0.15, 0.2) is 0 Å². The van der Waals surface area contributed by atoms with Gasteiger partial charge in [-0.25, -0.2) is 8.42 Å². The first-order valence-electron chi connectivity index (χ1n) is 8.23. The van der Waals surface area contributed by atoms with E-state index < -0.39 is 16.1 Å². The van der Waals surface area contributed by atoms with Crippen molar-refractivity contribution in [3.05, 3.63) is 17.0 Å². The molecule has 2 heterocycles. The van der Waals surface area contributed by atoms with E-state index in [4.69, 9.17) is 0 Å². The number of nitrogens with zero attached hydrogens (tertiary/aromatic N) is 1. The number of sulfonamides is 1. The van der Waals surface area contributed by atoms with Crippen LogP contribution in [-0.2, 0) is 21.2 Å². The summed E-state index contributed by atoms with van der Waals surface area (Å²) in [6.45, 7) is 7.45. The van der Waals surface area contributed by atoms with Crippen LogP contribution in [0.5, 0.6) is 0 Å². The second-order valence-corrected chi connectivity index (χ2v) is 9.52. The standard InChI is InChI=1S/C16H26N2O3S2/c1-4-13-7-8-15(22-13)23(20,21)17-14(11-12(2)3)16(19)18-9-5-6-10-18/h7-8,12,14,17H,4-6,9-11H2,1-3H3/t14-/m1/s1. The van der Waals surface area contributed by atoms with E-state index in [9.17, 15) is 13.2 Å². The Balaban J connectivity index is 2.16. The van der Waals surface area contributed by atoms with Crippen molar-refractivity contribution in [3.8, 4) is 0 Å². The molecule has 7 heteroatoms. The van der Waals surface area contributed by atoms with E-state index in [1.54, 1.807) is 11.0 Å². The molecule has 0 radical (unpaired) electrons. The predicted octanol–water partition coefficient (Wildman–Crippen LogP) is 2.63. The lowest BCUT2D eigenvalue weighted by Crippen LogP contribution is -2.48. The Morgan fingerprint density at radius 1 is 1.30 bits per heavy atom. The molecule has 5 nitrogen and oxygen atoms in total. The average molecular weight is 359 g/mol. The highest BCUT2D eigenvalue weighted by molar-refractivity contribution is 7.91. The molecule has 1 saturated heterocycles. The average Bonchev–Trinajstić information content (AvgIpc) is 3.16. The van der Waals surface area contributed by atoms with Crippen molar-refractivity contribution < 1.29 is 13.2 Å². The molecule has 1 aliphatic heterocycles. The number of carbonyl (C=O) groups excluding carboxylic acids is 1. The van der Waals surface area contributed by atoms with Crippen molar-refractivity contribution in [2.24, 2.45) is 5.92 Å². The minimum Gasteiger partial charge on any atom is -0.341 e. The van der Waals surface area contributed by atoms with Gasteiger partial charge in [0.2, 0.25) is 5.91 Å². The van der Waals surface area contributed by atoms with E-state index >= 15 is 0 Å². The lowest BCUT2D eigenvalue weighted by atomic mass is 10.0. The van der Waals surface area contributed by atoms with Crippen LogP contribution >= 0.6 is 11.3 Å². The highest BCUT2D eigenvalue weighted by Crippen LogP contribution is 2.23. The number of carbonyl (C=O) groups is 1. The molecule has 1 fully saturated rings. The van der Waals surface area contributed by atoms with E-state index in [2.05, 4.69) is 4.72 Å². The van der Waals surface area contributed by atoms with Gasteiger partial charge in [0.25, 0.3) is 10.0 Å². The van der Waals surface area contributed by atoms with Gasteiger partial charge in [-0.3, -0.25) is 4.79 Å². The summed E-state index contributed by atoms with van der Waals surface area (Å²) in [6.07, 6.45) is 3.32. The van der Waals surface area contributed by atoms with Gasteiger partial charge in [-0.05, 0) is 43.7 Å². The molecule has 23 heavy (non-hydrogen) atoms. The van der Waals surface area contributed by atoms with Crippen molar-refractivity contribution >= 4 is 27.3 Å². The summed E-state index contributed by atoms with van der Waals surface area (Å²) in [5.41, 5.74) is 0. The zero-order valence-corrected chi connectivity index (χ0v) is 15.7. The maximum atomic E-state index is 12.7. The highest BCUT2D eigenvalue weighted by atomic mass is 32.2. The quantitative estimate of drug-likeness (QED) is 0.815. The Bertz CT molecular complexity index is 632. The second kappa shape index (κ2) is 7.77. The lowest BCUT2D eigenvalue weighted by molar-refractivity contribution is -0.132.